The van der Waals surface area contributed by atoms with Crippen molar-refractivity contribution in [1.82, 2.24) is 14.5 Å². The normalized spacial score (nSPS) is 12.2. The van der Waals surface area contributed by atoms with Gasteiger partial charge in [0.05, 0.1) is 28.9 Å². The summed E-state index contributed by atoms with van der Waals surface area (Å²) >= 11 is 0. The number of rotatable bonds is 4. The van der Waals surface area contributed by atoms with Crippen molar-refractivity contribution in [3.63, 3.8) is 0 Å². The molecule has 0 fully saturated rings. The maximum Gasteiger partial charge on any atom is 0.229 e. The average molecular weight is 351 g/mol. The van der Waals surface area contributed by atoms with E-state index >= 15 is 0 Å². The lowest BCUT2D eigenvalue weighted by molar-refractivity contribution is -0.120. The van der Waals surface area contributed by atoms with E-state index < -0.39 is 5.82 Å². The van der Waals surface area contributed by atoms with E-state index in [-0.39, 0.29) is 23.7 Å². The van der Waals surface area contributed by atoms with E-state index in [0.717, 1.165) is 6.20 Å². The minimum atomic E-state index is -0.463. The third kappa shape index (κ3) is 3.26. The first kappa shape index (κ1) is 17.5. The zero-order chi connectivity index (χ0) is 18.8. The summed E-state index contributed by atoms with van der Waals surface area (Å²) in [6.07, 6.45) is 1.09. The van der Waals surface area contributed by atoms with Crippen LogP contribution in [-0.4, -0.2) is 20.4 Å². The number of carbonyl (C=O) groups excluding carboxylic acids is 1. The summed E-state index contributed by atoms with van der Waals surface area (Å²) in [7, 11) is 0. The molecule has 0 unspecified atom stereocenters. The minimum absolute atomic E-state index is 0.167. The highest BCUT2D eigenvalue weighted by Crippen LogP contribution is 2.25. The second kappa shape index (κ2) is 6.92. The molecule has 2 heterocycles. The van der Waals surface area contributed by atoms with Crippen molar-refractivity contribution in [3.8, 4) is 11.9 Å². The van der Waals surface area contributed by atoms with Crippen LogP contribution < -0.4 is 5.32 Å². The zero-order valence-corrected chi connectivity index (χ0v) is 14.7. The molecule has 2 aromatic heterocycles. The second-order valence-corrected chi connectivity index (χ2v) is 6.44. The molecule has 1 amide bonds. The molecule has 1 atom stereocenters. The van der Waals surface area contributed by atoms with Gasteiger partial charge in [0, 0.05) is 5.92 Å². The summed E-state index contributed by atoms with van der Waals surface area (Å²) in [5.41, 5.74) is 1.66. The summed E-state index contributed by atoms with van der Waals surface area (Å²) in [4.78, 5) is 21.0. The highest BCUT2D eigenvalue weighted by atomic mass is 19.1. The van der Waals surface area contributed by atoms with Gasteiger partial charge < -0.3 is 0 Å². The van der Waals surface area contributed by atoms with Gasteiger partial charge in [-0.15, -0.1) is 0 Å². The molecule has 132 valence electrons. The van der Waals surface area contributed by atoms with Gasteiger partial charge in [0.2, 0.25) is 11.9 Å². The molecule has 0 aliphatic carbocycles. The van der Waals surface area contributed by atoms with Crippen LogP contribution in [0.1, 0.15) is 26.3 Å². The Morgan fingerprint density at radius 3 is 2.65 bits per heavy atom. The zero-order valence-electron chi connectivity index (χ0n) is 14.7. The number of nitriles is 1. The van der Waals surface area contributed by atoms with E-state index in [1.807, 2.05) is 20.8 Å². The molecule has 3 aromatic rings. The molecule has 0 radical (unpaired) electrons. The summed E-state index contributed by atoms with van der Waals surface area (Å²) in [5, 5.41) is 12.0. The molecule has 26 heavy (non-hydrogen) atoms. The first-order chi connectivity index (χ1) is 12.4. The lowest BCUT2D eigenvalue weighted by Gasteiger charge is -2.15. The standard InChI is InChI=1S/C19H18FN5O/c1-11(2)12(3)18(26)24-19-23-15-6-4-13(9-21)8-16(15)25(19)17-7-5-14(20)10-22-17/h4-8,10-12H,1-3H3,(H,23,24,26)/t12-/m0/s1. The average Bonchev–Trinajstić information content (AvgIpc) is 2.98. The number of amides is 1. The molecule has 1 aromatic carbocycles. The van der Waals surface area contributed by atoms with Crippen LogP contribution in [0.5, 0.6) is 0 Å². The summed E-state index contributed by atoms with van der Waals surface area (Å²) in [5.74, 6) is 0.0123. The lowest BCUT2D eigenvalue weighted by Crippen LogP contribution is -2.25. The van der Waals surface area contributed by atoms with E-state index in [4.69, 9.17) is 5.26 Å². The molecule has 7 heteroatoms. The Kier molecular flexibility index (Phi) is 4.67. The van der Waals surface area contributed by atoms with E-state index in [2.05, 4.69) is 21.4 Å². The maximum atomic E-state index is 13.3. The number of imidazole rings is 1. The topological polar surface area (TPSA) is 83.6 Å². The Balaban J connectivity index is 2.15. The molecular formula is C19H18FN5O. The van der Waals surface area contributed by atoms with Crippen LogP contribution in [-0.2, 0) is 4.79 Å². The smallest absolute Gasteiger partial charge is 0.229 e. The predicted octanol–water partition coefficient (Wildman–Crippen LogP) is 3.66. The van der Waals surface area contributed by atoms with E-state index in [9.17, 15) is 9.18 Å². The van der Waals surface area contributed by atoms with Crippen molar-refractivity contribution in [1.29, 1.82) is 5.26 Å². The molecule has 0 saturated heterocycles. The van der Waals surface area contributed by atoms with Crippen LogP contribution in [0.15, 0.2) is 36.5 Å². The number of aromatic nitrogens is 3. The Morgan fingerprint density at radius 2 is 2.04 bits per heavy atom. The number of nitrogens with zero attached hydrogens (tertiary/aromatic N) is 4. The molecule has 0 saturated carbocycles. The molecule has 0 aliphatic rings. The van der Waals surface area contributed by atoms with Gasteiger partial charge in [0.25, 0.3) is 0 Å². The summed E-state index contributed by atoms with van der Waals surface area (Å²) in [6.45, 7) is 5.78. The predicted molar refractivity (Wildman–Crippen MR) is 96.2 cm³/mol. The van der Waals surface area contributed by atoms with Gasteiger partial charge in [-0.1, -0.05) is 20.8 Å². The Morgan fingerprint density at radius 1 is 1.27 bits per heavy atom. The molecule has 3 rings (SSSR count). The number of carbonyl (C=O) groups is 1. The van der Waals surface area contributed by atoms with Gasteiger partial charge in [-0.05, 0) is 36.2 Å². The lowest BCUT2D eigenvalue weighted by atomic mass is 9.97. The monoisotopic (exact) mass is 351 g/mol. The Labute approximate surface area is 150 Å². The maximum absolute atomic E-state index is 13.3. The van der Waals surface area contributed by atoms with Crippen molar-refractivity contribution in [2.24, 2.45) is 11.8 Å². The number of nitrogens with one attached hydrogen (secondary N) is 1. The van der Waals surface area contributed by atoms with Gasteiger partial charge in [-0.2, -0.15) is 5.26 Å². The van der Waals surface area contributed by atoms with Crippen LogP contribution in [0.2, 0.25) is 0 Å². The van der Waals surface area contributed by atoms with Crippen LogP contribution in [0.3, 0.4) is 0 Å². The number of anilines is 1. The number of halogens is 1. The summed E-state index contributed by atoms with van der Waals surface area (Å²) in [6, 6.07) is 9.88. The molecule has 0 aliphatic heterocycles. The highest BCUT2D eigenvalue weighted by molar-refractivity contribution is 5.93. The van der Waals surface area contributed by atoms with E-state index in [0.29, 0.717) is 22.4 Å². The van der Waals surface area contributed by atoms with Crippen molar-refractivity contribution < 1.29 is 9.18 Å². The van der Waals surface area contributed by atoms with Crippen molar-refractivity contribution in [2.75, 3.05) is 5.32 Å². The van der Waals surface area contributed by atoms with Gasteiger partial charge in [0.1, 0.15) is 11.6 Å². The van der Waals surface area contributed by atoms with Crippen LogP contribution in [0.4, 0.5) is 10.3 Å². The summed E-state index contributed by atoms with van der Waals surface area (Å²) < 4.78 is 14.9. The third-order valence-corrected chi connectivity index (χ3v) is 4.37. The van der Waals surface area contributed by atoms with Crippen molar-refractivity contribution in [3.05, 3.63) is 47.9 Å². The number of benzene rings is 1. The molecule has 0 spiro atoms. The van der Waals surface area contributed by atoms with Crippen LogP contribution in [0, 0.1) is 29.0 Å². The minimum Gasteiger partial charge on any atom is -0.295 e. The van der Waals surface area contributed by atoms with Gasteiger partial charge in [-0.25, -0.2) is 14.4 Å². The fourth-order valence-corrected chi connectivity index (χ4v) is 2.49. The second-order valence-electron chi connectivity index (χ2n) is 6.44. The molecule has 0 bridgehead atoms. The van der Waals surface area contributed by atoms with E-state index in [1.54, 1.807) is 22.8 Å². The number of hydrogen-bond acceptors (Lipinski definition) is 4. The van der Waals surface area contributed by atoms with Crippen LogP contribution >= 0.6 is 0 Å². The highest BCUT2D eigenvalue weighted by Gasteiger charge is 2.21. The number of pyridine rings is 1. The quantitative estimate of drug-likeness (QED) is 0.777. The number of fused-ring (bicyclic) bond motifs is 1. The Bertz CT molecular complexity index is 1000. The van der Waals surface area contributed by atoms with Crippen molar-refractivity contribution in [2.45, 2.75) is 20.8 Å². The largest absolute Gasteiger partial charge is 0.295 e. The molecule has 1 N–H and O–H groups in total. The first-order valence-corrected chi connectivity index (χ1v) is 8.26. The third-order valence-electron chi connectivity index (χ3n) is 4.37. The van der Waals surface area contributed by atoms with Crippen molar-refractivity contribution >= 4 is 22.9 Å². The van der Waals surface area contributed by atoms with Gasteiger partial charge in [0.15, 0.2) is 0 Å². The molecular weight excluding hydrogens is 333 g/mol. The van der Waals surface area contributed by atoms with Gasteiger partial charge >= 0.3 is 0 Å². The fraction of sp³-hybridized carbons (Fsp3) is 0.263. The Hall–Kier alpha value is -3.27. The SMILES string of the molecule is CC(C)[C@H](C)C(=O)Nc1nc2ccc(C#N)cc2n1-c1ccc(F)cn1. The van der Waals surface area contributed by atoms with Gasteiger partial charge in [-0.3, -0.25) is 14.7 Å². The van der Waals surface area contributed by atoms with E-state index in [1.165, 1.54) is 12.1 Å². The van der Waals surface area contributed by atoms with Crippen LogP contribution in [0.25, 0.3) is 16.9 Å². The first-order valence-electron chi connectivity index (χ1n) is 8.26. The fourth-order valence-electron chi connectivity index (χ4n) is 2.49. The molecule has 6 nitrogen and oxygen atoms in total. The number of hydrogen-bond donors (Lipinski definition) is 1.